The largest absolute Gasteiger partial charge is 0.493 e. The third kappa shape index (κ3) is 5.30. The monoisotopic (exact) mass is 409 g/mol. The molecule has 0 aliphatic rings. The van der Waals surface area contributed by atoms with Crippen molar-refractivity contribution in [1.82, 2.24) is 0 Å². The Bertz CT molecular complexity index is 997. The molecule has 0 heterocycles. The number of nitrogens with one attached hydrogen (secondary N) is 1. The molecule has 0 radical (unpaired) electrons. The second-order valence-electron chi connectivity index (χ2n) is 6.72. The van der Waals surface area contributed by atoms with Crippen LogP contribution in [0.15, 0.2) is 60.7 Å². The van der Waals surface area contributed by atoms with Crippen molar-refractivity contribution in [2.75, 3.05) is 11.9 Å². The number of anilines is 1. The van der Waals surface area contributed by atoms with Crippen LogP contribution in [0.25, 0.3) is 0 Å². The highest BCUT2D eigenvalue weighted by Gasteiger charge is 2.13. The van der Waals surface area contributed by atoms with Crippen LogP contribution in [0.5, 0.6) is 11.5 Å². The second-order valence-corrected chi connectivity index (χ2v) is 7.16. The fourth-order valence-electron chi connectivity index (χ4n) is 3.04. The molecule has 0 unspecified atom stereocenters. The molecule has 0 fully saturated rings. The van der Waals surface area contributed by atoms with Gasteiger partial charge in [-0.15, -0.1) is 0 Å². The SMILES string of the molecule is CCOc1ccc(C(=O)Nc2c(C)cccc2C)cc1COc1cccc(Cl)c1. The zero-order chi connectivity index (χ0) is 20.8. The number of hydrogen-bond acceptors (Lipinski definition) is 3. The lowest BCUT2D eigenvalue weighted by Gasteiger charge is -2.15. The Morgan fingerprint density at radius 2 is 1.69 bits per heavy atom. The lowest BCUT2D eigenvalue weighted by Crippen LogP contribution is -2.14. The molecule has 1 amide bonds. The van der Waals surface area contributed by atoms with Crippen LogP contribution >= 0.6 is 11.6 Å². The molecular weight excluding hydrogens is 386 g/mol. The number of ether oxygens (including phenoxy) is 2. The molecule has 0 bridgehead atoms. The molecule has 29 heavy (non-hydrogen) atoms. The van der Waals surface area contributed by atoms with E-state index in [2.05, 4.69) is 5.32 Å². The van der Waals surface area contributed by atoms with Gasteiger partial charge in [0.1, 0.15) is 18.1 Å². The number of hydrogen-bond donors (Lipinski definition) is 1. The van der Waals surface area contributed by atoms with Crippen LogP contribution in [-0.4, -0.2) is 12.5 Å². The van der Waals surface area contributed by atoms with Crippen molar-refractivity contribution in [2.24, 2.45) is 0 Å². The van der Waals surface area contributed by atoms with Gasteiger partial charge < -0.3 is 14.8 Å². The van der Waals surface area contributed by atoms with Gasteiger partial charge >= 0.3 is 0 Å². The quantitative estimate of drug-likeness (QED) is 0.506. The molecule has 0 spiro atoms. The summed E-state index contributed by atoms with van der Waals surface area (Å²) in [4.78, 5) is 12.8. The van der Waals surface area contributed by atoms with E-state index in [4.69, 9.17) is 21.1 Å². The highest BCUT2D eigenvalue weighted by atomic mass is 35.5. The van der Waals surface area contributed by atoms with E-state index in [-0.39, 0.29) is 12.5 Å². The summed E-state index contributed by atoms with van der Waals surface area (Å²) in [6.45, 7) is 6.66. The molecule has 1 N–H and O–H groups in total. The maximum atomic E-state index is 12.8. The van der Waals surface area contributed by atoms with Gasteiger partial charge in [-0.1, -0.05) is 35.9 Å². The third-order valence-corrected chi connectivity index (χ3v) is 4.77. The van der Waals surface area contributed by atoms with Crippen molar-refractivity contribution in [3.05, 3.63) is 87.9 Å². The van der Waals surface area contributed by atoms with E-state index >= 15 is 0 Å². The smallest absolute Gasteiger partial charge is 0.255 e. The summed E-state index contributed by atoms with van der Waals surface area (Å²) in [5.41, 5.74) is 4.22. The van der Waals surface area contributed by atoms with Crippen LogP contribution in [0.1, 0.15) is 34.0 Å². The number of rotatable bonds is 7. The number of carbonyl (C=O) groups is 1. The number of aryl methyl sites for hydroxylation is 2. The van der Waals surface area contributed by atoms with Crippen LogP contribution in [-0.2, 0) is 6.61 Å². The first-order valence-corrected chi connectivity index (χ1v) is 9.87. The molecule has 0 aliphatic carbocycles. The molecule has 3 aromatic rings. The van der Waals surface area contributed by atoms with Gasteiger partial charge in [0.25, 0.3) is 5.91 Å². The minimum absolute atomic E-state index is 0.172. The van der Waals surface area contributed by atoms with Crippen molar-refractivity contribution in [1.29, 1.82) is 0 Å². The van der Waals surface area contributed by atoms with Gasteiger partial charge in [0.05, 0.1) is 6.61 Å². The Hall–Kier alpha value is -2.98. The van der Waals surface area contributed by atoms with Gasteiger partial charge in [-0.3, -0.25) is 4.79 Å². The predicted octanol–water partition coefficient (Wildman–Crippen LogP) is 6.19. The van der Waals surface area contributed by atoms with Crippen LogP contribution in [0.4, 0.5) is 5.69 Å². The van der Waals surface area contributed by atoms with Crippen molar-refractivity contribution in [3.8, 4) is 11.5 Å². The zero-order valence-corrected chi connectivity index (χ0v) is 17.5. The first-order chi connectivity index (χ1) is 14.0. The number of benzene rings is 3. The molecule has 4 nitrogen and oxygen atoms in total. The molecule has 0 atom stereocenters. The zero-order valence-electron chi connectivity index (χ0n) is 16.8. The van der Waals surface area contributed by atoms with Gasteiger partial charge in [0.2, 0.25) is 0 Å². The second kappa shape index (κ2) is 9.48. The fraction of sp³-hybridized carbons (Fsp3) is 0.208. The Kier molecular flexibility index (Phi) is 6.78. The first kappa shape index (κ1) is 20.7. The van der Waals surface area contributed by atoms with E-state index in [9.17, 15) is 4.79 Å². The van der Waals surface area contributed by atoms with Gasteiger partial charge in [-0.25, -0.2) is 0 Å². The summed E-state index contributed by atoms with van der Waals surface area (Å²) in [6.07, 6.45) is 0. The standard InChI is InChI=1S/C24H24ClNO3/c1-4-28-22-12-11-18(24(27)26-23-16(2)7-5-8-17(23)3)13-19(22)15-29-21-10-6-9-20(25)14-21/h5-14H,4,15H2,1-3H3,(H,26,27). The van der Waals surface area contributed by atoms with E-state index in [1.807, 2.05) is 51.1 Å². The molecular formula is C24H24ClNO3. The van der Waals surface area contributed by atoms with Crippen molar-refractivity contribution in [3.63, 3.8) is 0 Å². The molecule has 0 saturated heterocycles. The molecule has 150 valence electrons. The summed E-state index contributed by atoms with van der Waals surface area (Å²) in [6, 6.07) is 18.5. The van der Waals surface area contributed by atoms with Gasteiger partial charge in [0, 0.05) is 21.8 Å². The van der Waals surface area contributed by atoms with Crippen molar-refractivity contribution >= 4 is 23.2 Å². The molecule has 0 aliphatic heterocycles. The molecule has 0 aromatic heterocycles. The summed E-state index contributed by atoms with van der Waals surface area (Å²) in [5, 5.41) is 3.62. The summed E-state index contributed by atoms with van der Waals surface area (Å²) < 4.78 is 11.6. The third-order valence-electron chi connectivity index (χ3n) is 4.53. The average Bonchev–Trinajstić information content (AvgIpc) is 2.70. The van der Waals surface area contributed by atoms with Crippen molar-refractivity contribution < 1.29 is 14.3 Å². The molecule has 5 heteroatoms. The minimum Gasteiger partial charge on any atom is -0.493 e. The van der Waals surface area contributed by atoms with Crippen LogP contribution in [0.3, 0.4) is 0 Å². The Morgan fingerprint density at radius 1 is 0.966 bits per heavy atom. The number of carbonyl (C=O) groups excluding carboxylic acids is 1. The lowest BCUT2D eigenvalue weighted by atomic mass is 10.1. The topological polar surface area (TPSA) is 47.6 Å². The number of para-hydroxylation sites is 1. The highest BCUT2D eigenvalue weighted by Crippen LogP contribution is 2.25. The fourth-order valence-corrected chi connectivity index (χ4v) is 3.23. The number of halogens is 1. The first-order valence-electron chi connectivity index (χ1n) is 9.49. The Balaban J connectivity index is 1.82. The molecule has 3 rings (SSSR count). The van der Waals surface area contributed by atoms with Crippen LogP contribution in [0, 0.1) is 13.8 Å². The minimum atomic E-state index is -0.172. The van der Waals surface area contributed by atoms with E-state index in [1.54, 1.807) is 30.3 Å². The Labute approximate surface area is 176 Å². The van der Waals surface area contributed by atoms with E-state index in [0.717, 1.165) is 22.4 Å². The maximum absolute atomic E-state index is 12.8. The van der Waals surface area contributed by atoms with Gasteiger partial charge in [-0.2, -0.15) is 0 Å². The number of amides is 1. The highest BCUT2D eigenvalue weighted by molar-refractivity contribution is 6.30. The normalized spacial score (nSPS) is 10.5. The van der Waals surface area contributed by atoms with E-state index in [1.165, 1.54) is 0 Å². The van der Waals surface area contributed by atoms with Gasteiger partial charge in [0.15, 0.2) is 0 Å². The van der Waals surface area contributed by atoms with Crippen molar-refractivity contribution in [2.45, 2.75) is 27.4 Å². The Morgan fingerprint density at radius 3 is 2.38 bits per heavy atom. The summed E-state index contributed by atoms with van der Waals surface area (Å²) >= 11 is 6.02. The molecule has 3 aromatic carbocycles. The predicted molar refractivity (Wildman–Crippen MR) is 117 cm³/mol. The van der Waals surface area contributed by atoms with E-state index in [0.29, 0.717) is 28.7 Å². The van der Waals surface area contributed by atoms with Crippen LogP contribution in [0.2, 0.25) is 5.02 Å². The van der Waals surface area contributed by atoms with E-state index < -0.39 is 0 Å². The molecule has 0 saturated carbocycles. The average molecular weight is 410 g/mol. The lowest BCUT2D eigenvalue weighted by molar-refractivity contribution is 0.102. The van der Waals surface area contributed by atoms with Gasteiger partial charge in [-0.05, 0) is 68.3 Å². The summed E-state index contributed by atoms with van der Waals surface area (Å²) in [5.74, 6) is 1.18. The van der Waals surface area contributed by atoms with Crippen LogP contribution < -0.4 is 14.8 Å². The maximum Gasteiger partial charge on any atom is 0.255 e. The summed E-state index contributed by atoms with van der Waals surface area (Å²) in [7, 11) is 0.